The molecule has 1 aromatic carbocycles. The molecule has 0 bridgehead atoms. The maximum atomic E-state index is 11.6. The SMILES string of the molecule is CC(=O)c1ccccc1N(C)C(=O)CN=[N+]=[N-]. The number of carbonyl (C=O) groups excluding carboxylic acids is 2. The standard InChI is InChI=1S/C11H12N4O2/c1-8(16)9-5-3-4-6-10(9)15(2)11(17)7-13-14-12/h3-6H,7H2,1-2H3. The number of ketones is 1. The topological polar surface area (TPSA) is 86.1 Å². The number of amides is 1. The summed E-state index contributed by atoms with van der Waals surface area (Å²) in [7, 11) is 1.54. The van der Waals surface area contributed by atoms with Gasteiger partial charge in [0, 0.05) is 17.5 Å². The number of rotatable bonds is 4. The van der Waals surface area contributed by atoms with Crippen LogP contribution < -0.4 is 4.90 Å². The van der Waals surface area contributed by atoms with Crippen LogP contribution in [0.5, 0.6) is 0 Å². The van der Waals surface area contributed by atoms with Crippen molar-refractivity contribution in [3.05, 3.63) is 40.3 Å². The Bertz CT molecular complexity index is 492. The van der Waals surface area contributed by atoms with E-state index in [1.54, 1.807) is 24.3 Å². The van der Waals surface area contributed by atoms with Crippen LogP contribution in [0.25, 0.3) is 10.4 Å². The highest BCUT2D eigenvalue weighted by Gasteiger charge is 2.15. The fourth-order valence-electron chi connectivity index (χ4n) is 1.40. The number of hydrogen-bond donors (Lipinski definition) is 0. The van der Waals surface area contributed by atoms with E-state index in [0.717, 1.165) is 0 Å². The average molecular weight is 232 g/mol. The van der Waals surface area contributed by atoms with E-state index in [0.29, 0.717) is 11.3 Å². The van der Waals surface area contributed by atoms with Crippen LogP contribution in [0, 0.1) is 0 Å². The molecule has 0 saturated carbocycles. The fourth-order valence-corrected chi connectivity index (χ4v) is 1.40. The minimum atomic E-state index is -0.364. The van der Waals surface area contributed by atoms with E-state index in [1.165, 1.54) is 18.9 Å². The molecule has 1 aromatic rings. The Morgan fingerprint density at radius 2 is 2.06 bits per heavy atom. The Morgan fingerprint density at radius 1 is 1.41 bits per heavy atom. The molecule has 0 saturated heterocycles. The van der Waals surface area contributed by atoms with Crippen molar-refractivity contribution < 1.29 is 9.59 Å². The molecule has 0 fully saturated rings. The molecule has 1 rings (SSSR count). The Morgan fingerprint density at radius 3 is 2.65 bits per heavy atom. The summed E-state index contributed by atoms with van der Waals surface area (Å²) in [5.41, 5.74) is 9.12. The summed E-state index contributed by atoms with van der Waals surface area (Å²) in [6.45, 7) is 1.17. The van der Waals surface area contributed by atoms with Gasteiger partial charge in [0.15, 0.2) is 5.78 Å². The molecule has 0 radical (unpaired) electrons. The summed E-state index contributed by atoms with van der Waals surface area (Å²) >= 11 is 0. The first-order valence-corrected chi connectivity index (χ1v) is 4.95. The molecule has 0 unspecified atom stereocenters. The number of likely N-dealkylation sites (N-methyl/N-ethyl adjacent to an activating group) is 1. The zero-order chi connectivity index (χ0) is 12.8. The van der Waals surface area contributed by atoms with Crippen LogP contribution in [0.4, 0.5) is 5.69 Å². The third-order valence-corrected chi connectivity index (χ3v) is 2.29. The van der Waals surface area contributed by atoms with Gasteiger partial charge >= 0.3 is 0 Å². The molecule has 0 aromatic heterocycles. The van der Waals surface area contributed by atoms with E-state index >= 15 is 0 Å². The molecule has 0 aliphatic heterocycles. The second-order valence-electron chi connectivity index (χ2n) is 3.42. The molecule has 1 amide bonds. The Labute approximate surface area is 98.5 Å². The summed E-state index contributed by atoms with van der Waals surface area (Å²) in [6.07, 6.45) is 0. The van der Waals surface area contributed by atoms with Crippen molar-refractivity contribution in [2.75, 3.05) is 18.5 Å². The van der Waals surface area contributed by atoms with Gasteiger partial charge in [-0.15, -0.1) is 0 Å². The van der Waals surface area contributed by atoms with Gasteiger partial charge in [0.2, 0.25) is 5.91 Å². The van der Waals surface area contributed by atoms with Crippen LogP contribution in [-0.4, -0.2) is 25.3 Å². The average Bonchev–Trinajstić information content (AvgIpc) is 2.34. The summed E-state index contributed by atoms with van der Waals surface area (Å²) in [5, 5.41) is 3.20. The van der Waals surface area contributed by atoms with E-state index in [4.69, 9.17) is 5.53 Å². The van der Waals surface area contributed by atoms with Gasteiger partial charge in [-0.2, -0.15) is 0 Å². The minimum absolute atomic E-state index is 0.121. The van der Waals surface area contributed by atoms with E-state index < -0.39 is 0 Å². The van der Waals surface area contributed by atoms with E-state index in [-0.39, 0.29) is 18.2 Å². The number of anilines is 1. The van der Waals surface area contributed by atoms with Crippen LogP contribution in [-0.2, 0) is 4.79 Å². The largest absolute Gasteiger partial charge is 0.315 e. The molecule has 0 spiro atoms. The Kier molecular flexibility index (Phi) is 4.25. The third-order valence-electron chi connectivity index (χ3n) is 2.29. The van der Waals surface area contributed by atoms with Crippen molar-refractivity contribution in [2.45, 2.75) is 6.92 Å². The smallest absolute Gasteiger partial charge is 0.232 e. The van der Waals surface area contributed by atoms with Gasteiger partial charge in [0.25, 0.3) is 0 Å². The first-order chi connectivity index (χ1) is 8.07. The van der Waals surface area contributed by atoms with Crippen molar-refractivity contribution in [3.8, 4) is 0 Å². The van der Waals surface area contributed by atoms with Crippen molar-refractivity contribution in [3.63, 3.8) is 0 Å². The zero-order valence-electron chi connectivity index (χ0n) is 9.62. The van der Waals surface area contributed by atoms with E-state index in [1.807, 2.05) is 0 Å². The summed E-state index contributed by atoms with van der Waals surface area (Å²) < 4.78 is 0. The van der Waals surface area contributed by atoms with Gasteiger partial charge in [0.1, 0.15) is 6.54 Å². The molecule has 0 aliphatic carbocycles. The van der Waals surface area contributed by atoms with Crippen molar-refractivity contribution >= 4 is 17.4 Å². The highest BCUT2D eigenvalue weighted by Crippen LogP contribution is 2.19. The predicted octanol–water partition coefficient (Wildman–Crippen LogP) is 2.16. The van der Waals surface area contributed by atoms with Crippen LogP contribution in [0.1, 0.15) is 17.3 Å². The van der Waals surface area contributed by atoms with Crippen molar-refractivity contribution in [2.24, 2.45) is 5.11 Å². The normalized spacial score (nSPS) is 9.29. The Hall–Kier alpha value is -2.33. The molecule has 0 aliphatic rings. The van der Waals surface area contributed by atoms with Gasteiger partial charge in [-0.1, -0.05) is 17.2 Å². The zero-order valence-corrected chi connectivity index (χ0v) is 9.62. The van der Waals surface area contributed by atoms with Gasteiger partial charge in [-0.3, -0.25) is 9.59 Å². The first-order valence-electron chi connectivity index (χ1n) is 4.95. The maximum absolute atomic E-state index is 11.6. The molecule has 0 heterocycles. The molecule has 0 atom stereocenters. The Balaban J connectivity index is 3.03. The van der Waals surface area contributed by atoms with Crippen molar-refractivity contribution in [1.82, 2.24) is 0 Å². The fraction of sp³-hybridized carbons (Fsp3) is 0.273. The number of benzene rings is 1. The monoisotopic (exact) mass is 232 g/mol. The molecule has 6 nitrogen and oxygen atoms in total. The van der Waals surface area contributed by atoms with Crippen molar-refractivity contribution in [1.29, 1.82) is 0 Å². The summed E-state index contributed by atoms with van der Waals surface area (Å²) in [4.78, 5) is 26.8. The van der Waals surface area contributed by atoms with E-state index in [9.17, 15) is 9.59 Å². The maximum Gasteiger partial charge on any atom is 0.232 e. The molecular weight excluding hydrogens is 220 g/mol. The highest BCUT2D eigenvalue weighted by atomic mass is 16.2. The summed E-state index contributed by atoms with van der Waals surface area (Å²) in [5.74, 6) is -0.486. The van der Waals surface area contributed by atoms with Gasteiger partial charge < -0.3 is 4.90 Å². The second kappa shape index (κ2) is 5.67. The lowest BCUT2D eigenvalue weighted by molar-refractivity contribution is -0.117. The molecule has 0 N–H and O–H groups in total. The lowest BCUT2D eigenvalue weighted by Gasteiger charge is -2.18. The summed E-state index contributed by atoms with van der Waals surface area (Å²) in [6, 6.07) is 6.78. The number of carbonyl (C=O) groups is 2. The van der Waals surface area contributed by atoms with E-state index in [2.05, 4.69) is 10.0 Å². The quantitative estimate of drug-likeness (QED) is 0.344. The number of hydrogen-bond acceptors (Lipinski definition) is 3. The van der Waals surface area contributed by atoms with Crippen LogP contribution in [0.3, 0.4) is 0 Å². The molecule has 6 heteroatoms. The first kappa shape index (κ1) is 12.7. The van der Waals surface area contributed by atoms with Crippen LogP contribution in [0.15, 0.2) is 29.4 Å². The second-order valence-corrected chi connectivity index (χ2v) is 3.42. The van der Waals surface area contributed by atoms with Crippen LogP contribution >= 0.6 is 0 Å². The molecule has 17 heavy (non-hydrogen) atoms. The van der Waals surface area contributed by atoms with Gasteiger partial charge in [-0.05, 0) is 24.6 Å². The lowest BCUT2D eigenvalue weighted by Crippen LogP contribution is -2.29. The van der Waals surface area contributed by atoms with Gasteiger partial charge in [-0.25, -0.2) is 0 Å². The minimum Gasteiger partial charge on any atom is -0.315 e. The number of para-hydroxylation sites is 1. The predicted molar refractivity (Wildman–Crippen MR) is 63.9 cm³/mol. The highest BCUT2D eigenvalue weighted by molar-refractivity contribution is 6.04. The molecular formula is C11H12N4O2. The van der Waals surface area contributed by atoms with Gasteiger partial charge in [0.05, 0.1) is 5.69 Å². The lowest BCUT2D eigenvalue weighted by atomic mass is 10.1. The number of azide groups is 1. The molecule has 88 valence electrons. The van der Waals surface area contributed by atoms with Crippen LogP contribution in [0.2, 0.25) is 0 Å². The number of nitrogens with zero attached hydrogens (tertiary/aromatic N) is 4. The third kappa shape index (κ3) is 3.06. The number of Topliss-reactive ketones (excluding diaryl/α,β-unsaturated/α-hetero) is 1.